The summed E-state index contributed by atoms with van der Waals surface area (Å²) in [5.74, 6) is 0. The Morgan fingerprint density at radius 3 is 2.50 bits per heavy atom. The van der Waals surface area contributed by atoms with Gasteiger partial charge in [-0.2, -0.15) is 4.31 Å². The number of rotatable bonds is 3. The maximum absolute atomic E-state index is 12.5. The standard InChI is InChI=1S/C14H21NO3S2/c1-14(2,3)11-6-8-15(9-7-11)20(17,18)13-5-4-12(10-16)19-13/h4-6,16H,7-10H2,1-3H3. The quantitative estimate of drug-likeness (QED) is 0.872. The summed E-state index contributed by atoms with van der Waals surface area (Å²) in [5, 5.41) is 9.04. The summed E-state index contributed by atoms with van der Waals surface area (Å²) < 4.78 is 26.8. The summed E-state index contributed by atoms with van der Waals surface area (Å²) in [4.78, 5) is 0.673. The van der Waals surface area contributed by atoms with E-state index in [1.54, 1.807) is 12.1 Å². The minimum atomic E-state index is -3.42. The van der Waals surface area contributed by atoms with Gasteiger partial charge in [-0.25, -0.2) is 8.42 Å². The lowest BCUT2D eigenvalue weighted by Crippen LogP contribution is -2.36. The molecule has 0 aliphatic carbocycles. The molecule has 0 amide bonds. The molecule has 2 heterocycles. The van der Waals surface area contributed by atoms with Crippen molar-refractivity contribution in [1.82, 2.24) is 4.31 Å². The lowest BCUT2D eigenvalue weighted by molar-refractivity contribution is 0.285. The third kappa shape index (κ3) is 3.14. The molecule has 20 heavy (non-hydrogen) atoms. The zero-order valence-corrected chi connectivity index (χ0v) is 13.7. The number of aliphatic hydroxyl groups is 1. The van der Waals surface area contributed by atoms with E-state index in [9.17, 15) is 8.42 Å². The summed E-state index contributed by atoms with van der Waals surface area (Å²) in [6.07, 6.45) is 2.81. The van der Waals surface area contributed by atoms with E-state index in [1.807, 2.05) is 6.08 Å². The molecule has 4 nitrogen and oxygen atoms in total. The molecule has 0 bridgehead atoms. The van der Waals surface area contributed by atoms with Crippen LogP contribution >= 0.6 is 11.3 Å². The fourth-order valence-corrected chi connectivity index (χ4v) is 5.01. The van der Waals surface area contributed by atoms with Crippen LogP contribution in [0.1, 0.15) is 32.1 Å². The Morgan fingerprint density at radius 1 is 1.35 bits per heavy atom. The highest BCUT2D eigenvalue weighted by Crippen LogP contribution is 2.32. The normalized spacial score (nSPS) is 18.1. The smallest absolute Gasteiger partial charge is 0.252 e. The van der Waals surface area contributed by atoms with Crippen LogP contribution < -0.4 is 0 Å². The van der Waals surface area contributed by atoms with Crippen LogP contribution in [0.25, 0.3) is 0 Å². The van der Waals surface area contributed by atoms with Gasteiger partial charge in [-0.15, -0.1) is 11.3 Å². The number of aliphatic hydroxyl groups excluding tert-OH is 1. The van der Waals surface area contributed by atoms with Gasteiger partial charge in [-0.3, -0.25) is 0 Å². The van der Waals surface area contributed by atoms with Gasteiger partial charge in [0, 0.05) is 18.0 Å². The predicted octanol–water partition coefficient (Wildman–Crippen LogP) is 2.61. The Labute approximate surface area is 124 Å². The van der Waals surface area contributed by atoms with E-state index < -0.39 is 10.0 Å². The second-order valence-corrected chi connectivity index (χ2v) is 9.30. The van der Waals surface area contributed by atoms with E-state index in [0.717, 1.165) is 17.8 Å². The minimum absolute atomic E-state index is 0.100. The first-order valence-electron chi connectivity index (χ1n) is 6.64. The maximum atomic E-state index is 12.5. The van der Waals surface area contributed by atoms with Gasteiger partial charge in [0.25, 0.3) is 10.0 Å². The molecule has 6 heteroatoms. The summed E-state index contributed by atoms with van der Waals surface area (Å²) in [6, 6.07) is 3.24. The van der Waals surface area contributed by atoms with E-state index >= 15 is 0 Å². The summed E-state index contributed by atoms with van der Waals surface area (Å²) >= 11 is 1.14. The molecule has 0 fully saturated rings. The van der Waals surface area contributed by atoms with E-state index in [4.69, 9.17) is 5.11 Å². The number of sulfonamides is 1. The zero-order chi connectivity index (χ0) is 15.0. The molecule has 1 aromatic rings. The fourth-order valence-electron chi connectivity index (χ4n) is 2.26. The number of thiophene rings is 1. The van der Waals surface area contributed by atoms with Crippen LogP contribution in [-0.2, 0) is 16.6 Å². The highest BCUT2D eigenvalue weighted by molar-refractivity contribution is 7.91. The SMILES string of the molecule is CC(C)(C)C1=CCN(S(=O)(=O)c2ccc(CO)s2)CC1. The minimum Gasteiger partial charge on any atom is -0.391 e. The van der Waals surface area contributed by atoms with Gasteiger partial charge in [-0.1, -0.05) is 32.4 Å². The molecule has 1 aliphatic rings. The van der Waals surface area contributed by atoms with E-state index in [1.165, 1.54) is 9.88 Å². The molecule has 0 atom stereocenters. The number of nitrogens with zero attached hydrogens (tertiary/aromatic N) is 1. The van der Waals surface area contributed by atoms with Gasteiger partial charge in [0.15, 0.2) is 0 Å². The number of hydrogen-bond acceptors (Lipinski definition) is 4. The lowest BCUT2D eigenvalue weighted by atomic mass is 9.83. The third-order valence-electron chi connectivity index (χ3n) is 3.52. The highest BCUT2D eigenvalue weighted by Gasteiger charge is 2.29. The predicted molar refractivity (Wildman–Crippen MR) is 81.2 cm³/mol. The highest BCUT2D eigenvalue weighted by atomic mass is 32.2. The Hall–Kier alpha value is -0.690. The van der Waals surface area contributed by atoms with Crippen LogP contribution in [0.5, 0.6) is 0 Å². The van der Waals surface area contributed by atoms with Gasteiger partial charge < -0.3 is 5.11 Å². The van der Waals surface area contributed by atoms with Crippen LogP contribution in [0.3, 0.4) is 0 Å². The average Bonchev–Trinajstić information content (AvgIpc) is 2.87. The van der Waals surface area contributed by atoms with E-state index in [-0.39, 0.29) is 12.0 Å². The molecule has 2 rings (SSSR count). The van der Waals surface area contributed by atoms with Gasteiger partial charge >= 0.3 is 0 Å². The topological polar surface area (TPSA) is 57.6 Å². The van der Waals surface area contributed by atoms with Crippen molar-refractivity contribution in [1.29, 1.82) is 0 Å². The van der Waals surface area contributed by atoms with Gasteiger partial charge in [0.2, 0.25) is 0 Å². The molecule has 0 saturated heterocycles. The average molecular weight is 315 g/mol. The molecular formula is C14H21NO3S2. The van der Waals surface area contributed by atoms with E-state index in [2.05, 4.69) is 20.8 Å². The van der Waals surface area contributed by atoms with Crippen molar-refractivity contribution in [2.45, 2.75) is 38.0 Å². The van der Waals surface area contributed by atoms with Crippen molar-refractivity contribution in [3.8, 4) is 0 Å². The molecule has 0 unspecified atom stereocenters. The second kappa shape index (κ2) is 5.60. The van der Waals surface area contributed by atoms with Crippen LogP contribution in [0, 0.1) is 5.41 Å². The Kier molecular flexibility index (Phi) is 4.39. The van der Waals surface area contributed by atoms with E-state index in [0.29, 0.717) is 22.2 Å². The summed E-state index contributed by atoms with van der Waals surface area (Å²) in [7, 11) is -3.42. The lowest BCUT2D eigenvalue weighted by Gasteiger charge is -2.31. The molecule has 0 saturated carbocycles. The third-order valence-corrected chi connectivity index (χ3v) is 6.92. The van der Waals surface area contributed by atoms with Gasteiger partial charge in [-0.05, 0) is 24.0 Å². The number of hydrogen-bond donors (Lipinski definition) is 1. The zero-order valence-electron chi connectivity index (χ0n) is 12.1. The fraction of sp³-hybridized carbons (Fsp3) is 0.571. The van der Waals surface area contributed by atoms with Crippen LogP contribution in [0.2, 0.25) is 0 Å². The second-order valence-electron chi connectivity index (χ2n) is 5.97. The molecule has 1 aromatic heterocycles. The first-order chi connectivity index (χ1) is 9.25. The Bertz CT molecular complexity index is 609. The van der Waals surface area contributed by atoms with Crippen molar-refractivity contribution in [3.05, 3.63) is 28.7 Å². The largest absolute Gasteiger partial charge is 0.391 e. The van der Waals surface area contributed by atoms with Crippen molar-refractivity contribution in [2.24, 2.45) is 5.41 Å². The Balaban J connectivity index is 2.19. The molecule has 112 valence electrons. The molecule has 0 spiro atoms. The maximum Gasteiger partial charge on any atom is 0.252 e. The Morgan fingerprint density at radius 2 is 2.05 bits per heavy atom. The van der Waals surface area contributed by atoms with Crippen molar-refractivity contribution < 1.29 is 13.5 Å². The van der Waals surface area contributed by atoms with Gasteiger partial charge in [0.1, 0.15) is 4.21 Å². The first-order valence-corrected chi connectivity index (χ1v) is 8.90. The van der Waals surface area contributed by atoms with Crippen molar-refractivity contribution in [2.75, 3.05) is 13.1 Å². The molecule has 1 aliphatic heterocycles. The first kappa shape index (κ1) is 15.7. The molecule has 0 aromatic carbocycles. The monoisotopic (exact) mass is 315 g/mol. The van der Waals surface area contributed by atoms with Crippen molar-refractivity contribution >= 4 is 21.4 Å². The van der Waals surface area contributed by atoms with Gasteiger partial charge in [0.05, 0.1) is 6.61 Å². The molecule has 1 N–H and O–H groups in total. The van der Waals surface area contributed by atoms with Crippen LogP contribution in [0.15, 0.2) is 28.0 Å². The summed E-state index contributed by atoms with van der Waals surface area (Å²) in [6.45, 7) is 7.29. The van der Waals surface area contributed by atoms with Crippen molar-refractivity contribution in [3.63, 3.8) is 0 Å². The van der Waals surface area contributed by atoms with Crippen LogP contribution in [-0.4, -0.2) is 30.9 Å². The molecular weight excluding hydrogens is 294 g/mol. The van der Waals surface area contributed by atoms with Crippen LogP contribution in [0.4, 0.5) is 0 Å². The molecule has 0 radical (unpaired) electrons. The summed E-state index contributed by atoms with van der Waals surface area (Å²) in [5.41, 5.74) is 1.41.